The van der Waals surface area contributed by atoms with Gasteiger partial charge in [0, 0.05) is 5.69 Å². The number of amides is 1. The number of carboxylic acid groups (broad SMARTS) is 1. The topological polar surface area (TPSA) is 76.4 Å². The number of halogens is 1. The predicted octanol–water partition coefficient (Wildman–Crippen LogP) is 1.80. The van der Waals surface area contributed by atoms with Crippen molar-refractivity contribution < 1.29 is 14.6 Å². The molecule has 0 saturated carbocycles. The van der Waals surface area contributed by atoms with Crippen molar-refractivity contribution in [3.8, 4) is 11.8 Å². The minimum absolute atomic E-state index is 0.257. The van der Waals surface area contributed by atoms with Crippen molar-refractivity contribution in [3.63, 3.8) is 0 Å². The summed E-state index contributed by atoms with van der Waals surface area (Å²) >= 11 is 5.92. The van der Waals surface area contributed by atoms with Crippen molar-refractivity contribution in [1.82, 2.24) is 0 Å². The van der Waals surface area contributed by atoms with Gasteiger partial charge in [0.1, 0.15) is 17.4 Å². The van der Waals surface area contributed by atoms with Gasteiger partial charge in [-0.25, -0.2) is 0 Å². The molecule has 1 rings (SSSR count). The monoisotopic (exact) mass is 267 g/mol. The highest BCUT2D eigenvalue weighted by Gasteiger charge is 2.28. The number of hydrogen-bond donors (Lipinski definition) is 0. The highest BCUT2D eigenvalue weighted by molar-refractivity contribution is 6.32. The van der Waals surface area contributed by atoms with Gasteiger partial charge < -0.3 is 19.5 Å². The van der Waals surface area contributed by atoms with Crippen LogP contribution in [0.1, 0.15) is 13.8 Å². The van der Waals surface area contributed by atoms with Gasteiger partial charge in [-0.15, -0.1) is 0 Å². The first-order chi connectivity index (χ1) is 8.33. The van der Waals surface area contributed by atoms with Crippen LogP contribution in [0.3, 0.4) is 0 Å². The summed E-state index contributed by atoms with van der Waals surface area (Å²) in [4.78, 5) is 12.0. The third kappa shape index (κ3) is 2.66. The summed E-state index contributed by atoms with van der Waals surface area (Å²) in [7, 11) is 1.45. The molecule has 0 atom stereocenters. The number of carbonyl (C=O) groups excluding carboxylic acids is 1. The van der Waals surface area contributed by atoms with Gasteiger partial charge >= 0.3 is 0 Å². The number of methoxy groups -OCH3 is 1. The van der Waals surface area contributed by atoms with Crippen LogP contribution in [0.5, 0.6) is 5.75 Å². The first-order valence-electron chi connectivity index (χ1n) is 5.09. The maximum atomic E-state index is 11.2. The second-order valence-corrected chi connectivity index (χ2v) is 4.50. The van der Waals surface area contributed by atoms with Crippen molar-refractivity contribution in [1.29, 1.82) is 5.26 Å². The third-order valence-corrected chi connectivity index (χ3v) is 2.70. The SMILES string of the molecule is COc1ccc(N(C(=O)[O-])C(C)(C)C#N)cc1Cl. The molecule has 0 spiro atoms. The lowest BCUT2D eigenvalue weighted by atomic mass is 10.0. The van der Waals surface area contributed by atoms with Crippen molar-refractivity contribution in [2.45, 2.75) is 19.4 Å². The van der Waals surface area contributed by atoms with E-state index in [1.807, 2.05) is 6.07 Å². The van der Waals surface area contributed by atoms with Crippen LogP contribution in [0.2, 0.25) is 5.02 Å². The fourth-order valence-electron chi connectivity index (χ4n) is 1.50. The Bertz CT molecular complexity index is 509. The van der Waals surface area contributed by atoms with Crippen LogP contribution in [-0.4, -0.2) is 18.7 Å². The number of rotatable bonds is 3. The summed E-state index contributed by atoms with van der Waals surface area (Å²) in [6.07, 6.45) is -1.47. The van der Waals surface area contributed by atoms with Gasteiger partial charge in [0.25, 0.3) is 0 Å². The average molecular weight is 268 g/mol. The van der Waals surface area contributed by atoms with E-state index in [0.29, 0.717) is 5.75 Å². The molecule has 0 aromatic heterocycles. The van der Waals surface area contributed by atoms with E-state index in [0.717, 1.165) is 4.90 Å². The van der Waals surface area contributed by atoms with Crippen LogP contribution in [0, 0.1) is 11.3 Å². The maximum absolute atomic E-state index is 11.2. The Morgan fingerprint density at radius 2 is 2.17 bits per heavy atom. The number of carbonyl (C=O) groups is 1. The van der Waals surface area contributed by atoms with E-state index in [4.69, 9.17) is 21.6 Å². The fourth-order valence-corrected chi connectivity index (χ4v) is 1.75. The van der Waals surface area contributed by atoms with E-state index in [1.54, 1.807) is 0 Å². The lowest BCUT2D eigenvalue weighted by molar-refractivity contribution is -0.247. The Labute approximate surface area is 110 Å². The Hall–Kier alpha value is -1.93. The van der Waals surface area contributed by atoms with Crippen molar-refractivity contribution in [3.05, 3.63) is 23.2 Å². The smallest absolute Gasteiger partial charge is 0.143 e. The summed E-state index contributed by atoms with van der Waals surface area (Å²) in [5.41, 5.74) is -0.996. The van der Waals surface area contributed by atoms with Gasteiger partial charge in [-0.3, -0.25) is 0 Å². The van der Waals surface area contributed by atoms with E-state index in [1.165, 1.54) is 39.2 Å². The maximum Gasteiger partial charge on any atom is 0.143 e. The van der Waals surface area contributed by atoms with E-state index in [9.17, 15) is 9.90 Å². The molecule has 0 radical (unpaired) electrons. The summed E-state index contributed by atoms with van der Waals surface area (Å²) in [6.45, 7) is 2.95. The van der Waals surface area contributed by atoms with Gasteiger partial charge in [0.15, 0.2) is 0 Å². The largest absolute Gasteiger partial charge is 0.530 e. The average Bonchev–Trinajstić information content (AvgIpc) is 2.28. The molecule has 0 N–H and O–H groups in total. The Morgan fingerprint density at radius 3 is 2.56 bits per heavy atom. The van der Waals surface area contributed by atoms with E-state index in [2.05, 4.69) is 0 Å². The molecule has 0 fully saturated rings. The fraction of sp³-hybridized carbons (Fsp3) is 0.333. The van der Waals surface area contributed by atoms with Crippen LogP contribution in [-0.2, 0) is 0 Å². The van der Waals surface area contributed by atoms with Crippen LogP contribution < -0.4 is 14.7 Å². The minimum atomic E-state index is -1.47. The van der Waals surface area contributed by atoms with Gasteiger partial charge in [0.05, 0.1) is 18.2 Å². The molecule has 0 aliphatic heterocycles. The Kier molecular flexibility index (Phi) is 4.04. The standard InChI is InChI=1S/C12H13ClN2O3/c1-12(2,7-14)15(11(16)17)8-4-5-10(18-3)9(13)6-8/h4-6H,1-3H3,(H,16,17)/p-1. The molecule has 0 unspecified atom stereocenters. The Morgan fingerprint density at radius 1 is 1.56 bits per heavy atom. The number of nitriles is 1. The van der Waals surface area contributed by atoms with Crippen molar-refractivity contribution in [2.75, 3.05) is 12.0 Å². The highest BCUT2D eigenvalue weighted by atomic mass is 35.5. The molecule has 0 heterocycles. The van der Waals surface area contributed by atoms with Gasteiger partial charge in [-0.05, 0) is 32.0 Å². The molecule has 0 aliphatic rings. The quantitative estimate of drug-likeness (QED) is 0.837. The van der Waals surface area contributed by atoms with Crippen LogP contribution in [0.15, 0.2) is 18.2 Å². The first-order valence-corrected chi connectivity index (χ1v) is 5.47. The van der Waals surface area contributed by atoms with E-state index in [-0.39, 0.29) is 10.7 Å². The molecule has 18 heavy (non-hydrogen) atoms. The molecular weight excluding hydrogens is 256 g/mol. The van der Waals surface area contributed by atoms with Crippen LogP contribution in [0.4, 0.5) is 10.5 Å². The summed E-state index contributed by atoms with van der Waals surface area (Å²) in [5, 5.41) is 20.4. The van der Waals surface area contributed by atoms with Crippen LogP contribution in [0.25, 0.3) is 0 Å². The van der Waals surface area contributed by atoms with E-state index < -0.39 is 11.6 Å². The normalized spacial score (nSPS) is 10.6. The highest BCUT2D eigenvalue weighted by Crippen LogP contribution is 2.31. The zero-order valence-corrected chi connectivity index (χ0v) is 11.0. The molecule has 0 saturated heterocycles. The number of nitrogens with zero attached hydrogens (tertiary/aromatic N) is 2. The molecular formula is C12H12ClN2O3-. The third-order valence-electron chi connectivity index (χ3n) is 2.41. The van der Waals surface area contributed by atoms with Crippen LogP contribution >= 0.6 is 11.6 Å². The first kappa shape index (κ1) is 14.1. The molecule has 1 amide bonds. The molecule has 96 valence electrons. The second kappa shape index (κ2) is 5.15. The second-order valence-electron chi connectivity index (χ2n) is 4.09. The summed E-state index contributed by atoms with van der Waals surface area (Å²) in [6, 6.07) is 6.34. The lowest BCUT2D eigenvalue weighted by Crippen LogP contribution is -2.52. The zero-order valence-electron chi connectivity index (χ0n) is 10.2. The number of anilines is 1. The number of benzene rings is 1. The molecule has 5 nitrogen and oxygen atoms in total. The van der Waals surface area contributed by atoms with E-state index >= 15 is 0 Å². The molecule has 1 aromatic rings. The molecule has 0 bridgehead atoms. The molecule has 6 heteroatoms. The number of ether oxygens (including phenoxy) is 1. The van der Waals surface area contributed by atoms with Gasteiger partial charge in [-0.1, -0.05) is 11.6 Å². The minimum Gasteiger partial charge on any atom is -0.530 e. The summed E-state index contributed by atoms with van der Waals surface area (Å²) < 4.78 is 4.97. The number of hydrogen-bond acceptors (Lipinski definition) is 4. The van der Waals surface area contributed by atoms with Crippen molar-refractivity contribution in [2.24, 2.45) is 0 Å². The zero-order chi connectivity index (χ0) is 13.9. The Balaban J connectivity index is 3.29. The summed E-state index contributed by atoms with van der Waals surface area (Å²) in [5.74, 6) is 0.425. The lowest BCUT2D eigenvalue weighted by Gasteiger charge is -2.35. The van der Waals surface area contributed by atoms with Crippen molar-refractivity contribution >= 4 is 23.4 Å². The van der Waals surface area contributed by atoms with Gasteiger partial charge in [-0.2, -0.15) is 5.26 Å². The predicted molar refractivity (Wildman–Crippen MR) is 65.6 cm³/mol. The molecule has 0 aliphatic carbocycles. The molecule has 1 aromatic carbocycles. The van der Waals surface area contributed by atoms with Gasteiger partial charge in [0.2, 0.25) is 0 Å².